The van der Waals surface area contributed by atoms with Crippen molar-refractivity contribution < 1.29 is 13.2 Å². The lowest BCUT2D eigenvalue weighted by molar-refractivity contribution is 0.577. The summed E-state index contributed by atoms with van der Waals surface area (Å²) in [5.41, 5.74) is 0.0589. The Morgan fingerprint density at radius 2 is 2.00 bits per heavy atom. The van der Waals surface area contributed by atoms with E-state index in [9.17, 15) is 8.78 Å². The normalized spacial score (nSPS) is 11.1. The van der Waals surface area contributed by atoms with Crippen molar-refractivity contribution in [1.82, 2.24) is 0 Å². The van der Waals surface area contributed by atoms with Gasteiger partial charge in [-0.1, -0.05) is 11.6 Å². The summed E-state index contributed by atoms with van der Waals surface area (Å²) in [6, 6.07) is 0.752. The smallest absolute Gasteiger partial charge is 0.159 e. The van der Waals surface area contributed by atoms with Crippen LogP contribution in [-0.4, -0.2) is 0 Å². The van der Waals surface area contributed by atoms with Gasteiger partial charge in [0.15, 0.2) is 5.58 Å². The molecule has 68 valence electrons. The zero-order chi connectivity index (χ0) is 9.59. The van der Waals surface area contributed by atoms with E-state index in [4.69, 9.17) is 16.0 Å². The highest BCUT2D eigenvalue weighted by Gasteiger charge is 2.16. The number of rotatable bonds is 0. The maximum absolute atomic E-state index is 13.2. The van der Waals surface area contributed by atoms with Gasteiger partial charge in [-0.15, -0.1) is 0 Å². The van der Waals surface area contributed by atoms with Crippen molar-refractivity contribution in [3.05, 3.63) is 32.6 Å². The standard InChI is InChI=1S/C8H2ClF2IO/c9-7-4(11)1-3(10)6-5(12)2-13-8(6)7/h1-2H. The van der Waals surface area contributed by atoms with Crippen molar-refractivity contribution >= 4 is 45.2 Å². The molecule has 1 aromatic carbocycles. The maximum atomic E-state index is 13.2. The first kappa shape index (κ1) is 9.21. The molecule has 1 aromatic heterocycles. The molecule has 0 saturated carbocycles. The highest BCUT2D eigenvalue weighted by atomic mass is 127. The first-order valence-electron chi connectivity index (χ1n) is 3.31. The van der Waals surface area contributed by atoms with E-state index in [0.29, 0.717) is 3.57 Å². The minimum atomic E-state index is -0.808. The highest BCUT2D eigenvalue weighted by Crippen LogP contribution is 2.32. The molecule has 0 radical (unpaired) electrons. The van der Waals surface area contributed by atoms with Gasteiger partial charge >= 0.3 is 0 Å². The molecular formula is C8H2ClF2IO. The van der Waals surface area contributed by atoms with E-state index in [1.54, 1.807) is 0 Å². The van der Waals surface area contributed by atoms with Crippen molar-refractivity contribution in [2.75, 3.05) is 0 Å². The molecule has 2 rings (SSSR count). The lowest BCUT2D eigenvalue weighted by Crippen LogP contribution is -1.83. The fourth-order valence-electron chi connectivity index (χ4n) is 1.08. The first-order valence-corrected chi connectivity index (χ1v) is 4.77. The fourth-order valence-corrected chi connectivity index (χ4v) is 1.90. The third-order valence-electron chi connectivity index (χ3n) is 1.65. The van der Waals surface area contributed by atoms with Gasteiger partial charge in [0.1, 0.15) is 22.9 Å². The van der Waals surface area contributed by atoms with Crippen LogP contribution in [-0.2, 0) is 0 Å². The molecule has 13 heavy (non-hydrogen) atoms. The summed E-state index contributed by atoms with van der Waals surface area (Å²) in [5, 5.41) is 0.0475. The molecule has 0 unspecified atom stereocenters. The first-order chi connectivity index (χ1) is 6.11. The number of halogens is 4. The Bertz CT molecular complexity index is 480. The second kappa shape index (κ2) is 3.09. The van der Waals surface area contributed by atoms with Crippen molar-refractivity contribution in [2.45, 2.75) is 0 Å². The Labute approximate surface area is 90.8 Å². The molecule has 0 aliphatic heterocycles. The molecule has 1 heterocycles. The lowest BCUT2D eigenvalue weighted by atomic mass is 10.2. The summed E-state index contributed by atoms with van der Waals surface area (Å²) in [6.07, 6.45) is 1.33. The van der Waals surface area contributed by atoms with E-state index in [1.165, 1.54) is 6.26 Å². The van der Waals surface area contributed by atoms with Gasteiger partial charge in [0.05, 0.1) is 8.96 Å². The predicted molar refractivity (Wildman–Crippen MR) is 53.9 cm³/mol. The van der Waals surface area contributed by atoms with E-state index in [2.05, 4.69) is 0 Å². The third kappa shape index (κ3) is 1.32. The Hall–Kier alpha value is -0.360. The van der Waals surface area contributed by atoms with E-state index < -0.39 is 11.6 Å². The zero-order valence-corrected chi connectivity index (χ0v) is 8.99. The summed E-state index contributed by atoms with van der Waals surface area (Å²) in [7, 11) is 0. The predicted octanol–water partition coefficient (Wildman–Crippen LogP) is 3.97. The van der Waals surface area contributed by atoms with Crippen LogP contribution in [0.5, 0.6) is 0 Å². The Balaban J connectivity index is 2.99. The SMILES string of the molecule is Fc1cc(F)c2c(I)coc2c1Cl. The lowest BCUT2D eigenvalue weighted by Gasteiger charge is -1.96. The van der Waals surface area contributed by atoms with Crippen LogP contribution in [0.25, 0.3) is 11.0 Å². The molecule has 0 spiro atoms. The molecule has 0 bridgehead atoms. The van der Waals surface area contributed by atoms with Gasteiger partial charge in [0, 0.05) is 6.07 Å². The molecule has 0 fully saturated rings. The fraction of sp³-hybridized carbons (Fsp3) is 0. The molecule has 0 atom stereocenters. The van der Waals surface area contributed by atoms with Gasteiger partial charge in [0.25, 0.3) is 0 Å². The van der Waals surface area contributed by atoms with Crippen LogP contribution in [0, 0.1) is 15.2 Å². The molecule has 1 nitrogen and oxygen atoms in total. The van der Waals surface area contributed by atoms with Gasteiger partial charge in [-0.25, -0.2) is 8.78 Å². The quantitative estimate of drug-likeness (QED) is 0.530. The number of hydrogen-bond acceptors (Lipinski definition) is 1. The van der Waals surface area contributed by atoms with Gasteiger partial charge < -0.3 is 4.42 Å². The molecule has 0 aliphatic rings. The van der Waals surface area contributed by atoms with Crippen LogP contribution in [0.15, 0.2) is 16.7 Å². The van der Waals surface area contributed by atoms with Gasteiger partial charge in [-0.05, 0) is 22.6 Å². The average Bonchev–Trinajstić information content (AvgIpc) is 2.44. The van der Waals surface area contributed by atoms with E-state index in [0.717, 1.165) is 6.07 Å². The maximum Gasteiger partial charge on any atom is 0.159 e. The van der Waals surface area contributed by atoms with Crippen LogP contribution < -0.4 is 0 Å². The molecule has 0 saturated heterocycles. The minimum Gasteiger partial charge on any atom is -0.461 e. The molecule has 2 aromatic rings. The Kier molecular flexibility index (Phi) is 2.19. The van der Waals surface area contributed by atoms with Crippen molar-refractivity contribution in [2.24, 2.45) is 0 Å². The average molecular weight is 314 g/mol. The minimum absolute atomic E-state index is 0.0589. The highest BCUT2D eigenvalue weighted by molar-refractivity contribution is 14.1. The third-order valence-corrected chi connectivity index (χ3v) is 2.79. The van der Waals surface area contributed by atoms with Crippen LogP contribution >= 0.6 is 34.2 Å². The molecular weight excluding hydrogens is 312 g/mol. The topological polar surface area (TPSA) is 13.1 Å². The summed E-state index contributed by atoms with van der Waals surface area (Å²) in [5.74, 6) is -1.47. The summed E-state index contributed by atoms with van der Waals surface area (Å²) in [6.45, 7) is 0. The van der Waals surface area contributed by atoms with E-state index >= 15 is 0 Å². The van der Waals surface area contributed by atoms with Crippen molar-refractivity contribution in [3.8, 4) is 0 Å². The monoisotopic (exact) mass is 314 g/mol. The van der Waals surface area contributed by atoms with Crippen LogP contribution in [0.4, 0.5) is 8.78 Å². The summed E-state index contributed by atoms with van der Waals surface area (Å²) in [4.78, 5) is 0. The van der Waals surface area contributed by atoms with E-state index in [1.807, 2.05) is 22.6 Å². The van der Waals surface area contributed by atoms with Crippen molar-refractivity contribution in [1.29, 1.82) is 0 Å². The number of benzene rings is 1. The molecule has 0 N–H and O–H groups in total. The van der Waals surface area contributed by atoms with Gasteiger partial charge in [-0.3, -0.25) is 0 Å². The molecule has 0 amide bonds. The summed E-state index contributed by atoms with van der Waals surface area (Å²) >= 11 is 7.47. The Morgan fingerprint density at radius 1 is 1.31 bits per heavy atom. The Morgan fingerprint density at radius 3 is 2.69 bits per heavy atom. The second-order valence-corrected chi connectivity index (χ2v) is 3.98. The van der Waals surface area contributed by atoms with Crippen LogP contribution in [0.2, 0.25) is 5.02 Å². The van der Waals surface area contributed by atoms with E-state index in [-0.39, 0.29) is 16.0 Å². The van der Waals surface area contributed by atoms with Crippen LogP contribution in [0.3, 0.4) is 0 Å². The summed E-state index contributed by atoms with van der Waals surface area (Å²) < 4.78 is 31.5. The van der Waals surface area contributed by atoms with Gasteiger partial charge in [0.2, 0.25) is 0 Å². The number of hydrogen-bond donors (Lipinski definition) is 0. The van der Waals surface area contributed by atoms with Crippen molar-refractivity contribution in [3.63, 3.8) is 0 Å². The van der Waals surface area contributed by atoms with Crippen LogP contribution in [0.1, 0.15) is 0 Å². The zero-order valence-electron chi connectivity index (χ0n) is 6.07. The number of furan rings is 1. The largest absolute Gasteiger partial charge is 0.461 e. The van der Waals surface area contributed by atoms with Gasteiger partial charge in [-0.2, -0.15) is 0 Å². The number of fused-ring (bicyclic) bond motifs is 1. The molecule has 0 aliphatic carbocycles. The second-order valence-electron chi connectivity index (χ2n) is 2.44. The molecule has 5 heteroatoms.